The van der Waals surface area contributed by atoms with Crippen molar-refractivity contribution in [3.8, 4) is 0 Å². The van der Waals surface area contributed by atoms with Gasteiger partial charge in [0.05, 0.1) is 6.61 Å². The Labute approximate surface area is 74.8 Å². The van der Waals surface area contributed by atoms with Gasteiger partial charge in [-0.15, -0.1) is 0 Å². The van der Waals surface area contributed by atoms with Crippen LogP contribution in [0.25, 0.3) is 0 Å². The number of piperazine rings is 1. The highest BCUT2D eigenvalue weighted by molar-refractivity contribution is 4.78. The first-order valence-corrected chi connectivity index (χ1v) is 4.81. The molecule has 1 fully saturated rings. The second-order valence-electron chi connectivity index (χ2n) is 3.78. The molecule has 1 heterocycles. The third-order valence-electron chi connectivity index (χ3n) is 2.58. The van der Waals surface area contributed by atoms with Crippen LogP contribution in [0.4, 0.5) is 0 Å². The first-order valence-electron chi connectivity index (χ1n) is 4.81. The van der Waals surface area contributed by atoms with Crippen molar-refractivity contribution in [1.29, 1.82) is 0 Å². The molecular weight excluding hydrogens is 152 g/mol. The van der Waals surface area contributed by atoms with Gasteiger partial charge in [0.25, 0.3) is 0 Å². The molecule has 0 aliphatic carbocycles. The van der Waals surface area contributed by atoms with Crippen LogP contribution in [0, 0.1) is 5.92 Å². The maximum Gasteiger partial charge on any atom is 0.0589 e. The molecule has 0 bridgehead atoms. The molecule has 1 rings (SSSR count). The predicted molar refractivity (Wildman–Crippen MR) is 50.2 cm³/mol. The molecule has 3 heteroatoms. The van der Waals surface area contributed by atoms with Gasteiger partial charge in [-0.25, -0.2) is 0 Å². The molecule has 1 unspecified atom stereocenters. The van der Waals surface area contributed by atoms with Crippen LogP contribution in [-0.2, 0) is 0 Å². The van der Waals surface area contributed by atoms with E-state index in [0.29, 0.717) is 12.0 Å². The van der Waals surface area contributed by atoms with Crippen LogP contribution in [0.15, 0.2) is 0 Å². The lowest BCUT2D eigenvalue weighted by molar-refractivity contribution is 0.0807. The lowest BCUT2D eigenvalue weighted by Gasteiger charge is -2.36. The summed E-state index contributed by atoms with van der Waals surface area (Å²) in [7, 11) is 0. The summed E-state index contributed by atoms with van der Waals surface area (Å²) in [5.74, 6) is 0.549. The average Bonchev–Trinajstić information content (AvgIpc) is 2.07. The van der Waals surface area contributed by atoms with E-state index in [1.165, 1.54) is 0 Å². The molecule has 0 aromatic carbocycles. The van der Waals surface area contributed by atoms with E-state index in [1.54, 1.807) is 0 Å². The molecule has 3 nitrogen and oxygen atoms in total. The van der Waals surface area contributed by atoms with E-state index >= 15 is 0 Å². The van der Waals surface area contributed by atoms with Crippen LogP contribution < -0.4 is 5.32 Å². The average molecular weight is 172 g/mol. The molecule has 0 saturated carbocycles. The first-order chi connectivity index (χ1) is 5.75. The standard InChI is InChI=1S/C9H20N2O/c1-8(2)9(7-12)11-5-3-10-4-6-11/h8-10,12H,3-7H2,1-2H3. The molecule has 1 atom stereocenters. The molecule has 72 valence electrons. The van der Waals surface area contributed by atoms with Crippen molar-refractivity contribution >= 4 is 0 Å². The van der Waals surface area contributed by atoms with E-state index in [-0.39, 0.29) is 6.61 Å². The Morgan fingerprint density at radius 2 is 1.92 bits per heavy atom. The van der Waals surface area contributed by atoms with E-state index < -0.39 is 0 Å². The summed E-state index contributed by atoms with van der Waals surface area (Å²) in [6.07, 6.45) is 0. The van der Waals surface area contributed by atoms with Gasteiger partial charge in [0, 0.05) is 32.2 Å². The van der Waals surface area contributed by atoms with Crippen LogP contribution in [0.3, 0.4) is 0 Å². The maximum absolute atomic E-state index is 9.19. The zero-order valence-electron chi connectivity index (χ0n) is 8.08. The van der Waals surface area contributed by atoms with Crippen molar-refractivity contribution in [3.63, 3.8) is 0 Å². The second kappa shape index (κ2) is 4.80. The van der Waals surface area contributed by atoms with E-state index in [2.05, 4.69) is 24.1 Å². The molecular formula is C9H20N2O. The summed E-state index contributed by atoms with van der Waals surface area (Å²) in [6, 6.07) is 0.354. The Morgan fingerprint density at radius 3 is 2.33 bits per heavy atom. The lowest BCUT2D eigenvalue weighted by Crippen LogP contribution is -2.51. The van der Waals surface area contributed by atoms with Crippen molar-refractivity contribution in [2.45, 2.75) is 19.9 Å². The molecule has 0 aromatic heterocycles. The Morgan fingerprint density at radius 1 is 1.33 bits per heavy atom. The fourth-order valence-corrected chi connectivity index (χ4v) is 1.76. The fraction of sp³-hybridized carbons (Fsp3) is 1.00. The molecule has 2 N–H and O–H groups in total. The van der Waals surface area contributed by atoms with Crippen molar-refractivity contribution in [2.75, 3.05) is 32.8 Å². The third kappa shape index (κ3) is 2.44. The highest BCUT2D eigenvalue weighted by Crippen LogP contribution is 2.10. The van der Waals surface area contributed by atoms with Crippen molar-refractivity contribution in [1.82, 2.24) is 10.2 Å². The highest BCUT2D eigenvalue weighted by Gasteiger charge is 2.21. The van der Waals surface area contributed by atoms with E-state index in [4.69, 9.17) is 0 Å². The second-order valence-corrected chi connectivity index (χ2v) is 3.78. The van der Waals surface area contributed by atoms with E-state index in [1.807, 2.05) is 0 Å². The third-order valence-corrected chi connectivity index (χ3v) is 2.58. The van der Waals surface area contributed by atoms with Crippen LogP contribution in [0.5, 0.6) is 0 Å². The number of rotatable bonds is 3. The quantitative estimate of drug-likeness (QED) is 0.624. The number of nitrogens with one attached hydrogen (secondary N) is 1. The highest BCUT2D eigenvalue weighted by atomic mass is 16.3. The molecule has 12 heavy (non-hydrogen) atoms. The summed E-state index contributed by atoms with van der Waals surface area (Å²) >= 11 is 0. The maximum atomic E-state index is 9.19. The summed E-state index contributed by atoms with van der Waals surface area (Å²) in [5, 5.41) is 12.5. The predicted octanol–water partition coefficient (Wildman–Crippen LogP) is -0.0915. The summed E-state index contributed by atoms with van der Waals surface area (Å²) in [6.45, 7) is 8.89. The van der Waals surface area contributed by atoms with Crippen molar-refractivity contribution < 1.29 is 5.11 Å². The van der Waals surface area contributed by atoms with Gasteiger partial charge in [-0.1, -0.05) is 13.8 Å². The van der Waals surface area contributed by atoms with Crippen LogP contribution in [-0.4, -0.2) is 48.8 Å². The van der Waals surface area contributed by atoms with Crippen LogP contribution in [0.2, 0.25) is 0 Å². The topological polar surface area (TPSA) is 35.5 Å². The summed E-state index contributed by atoms with van der Waals surface area (Å²) in [4.78, 5) is 2.38. The Kier molecular flexibility index (Phi) is 3.98. The number of nitrogens with zero attached hydrogens (tertiary/aromatic N) is 1. The van der Waals surface area contributed by atoms with Gasteiger partial charge in [0.15, 0.2) is 0 Å². The van der Waals surface area contributed by atoms with Gasteiger partial charge >= 0.3 is 0 Å². The van der Waals surface area contributed by atoms with Crippen LogP contribution >= 0.6 is 0 Å². The molecule has 0 radical (unpaired) electrons. The van der Waals surface area contributed by atoms with Gasteiger partial charge in [-0.05, 0) is 5.92 Å². The summed E-state index contributed by atoms with van der Waals surface area (Å²) in [5.41, 5.74) is 0. The molecule has 1 aliphatic rings. The zero-order chi connectivity index (χ0) is 8.97. The number of aliphatic hydroxyl groups is 1. The minimum Gasteiger partial charge on any atom is -0.395 e. The molecule has 1 saturated heterocycles. The van der Waals surface area contributed by atoms with Crippen LogP contribution in [0.1, 0.15) is 13.8 Å². The van der Waals surface area contributed by atoms with Gasteiger partial charge in [0.2, 0.25) is 0 Å². The minimum atomic E-state index is 0.289. The normalized spacial score (nSPS) is 23.0. The Hall–Kier alpha value is -0.120. The fourth-order valence-electron chi connectivity index (χ4n) is 1.76. The summed E-state index contributed by atoms with van der Waals surface area (Å²) < 4.78 is 0. The molecule has 0 aromatic rings. The number of hydrogen-bond donors (Lipinski definition) is 2. The number of hydrogen-bond acceptors (Lipinski definition) is 3. The Bertz CT molecular complexity index is 122. The molecule has 0 amide bonds. The SMILES string of the molecule is CC(C)C(CO)N1CCNCC1. The number of aliphatic hydroxyl groups excluding tert-OH is 1. The van der Waals surface area contributed by atoms with Crippen molar-refractivity contribution in [3.05, 3.63) is 0 Å². The first kappa shape index (κ1) is 9.96. The van der Waals surface area contributed by atoms with Crippen molar-refractivity contribution in [2.24, 2.45) is 5.92 Å². The molecule has 0 spiro atoms. The van der Waals surface area contributed by atoms with Gasteiger partial charge in [0.1, 0.15) is 0 Å². The minimum absolute atomic E-state index is 0.289. The van der Waals surface area contributed by atoms with E-state index in [0.717, 1.165) is 26.2 Å². The Balaban J connectivity index is 2.40. The van der Waals surface area contributed by atoms with Gasteiger partial charge in [-0.3, -0.25) is 4.90 Å². The monoisotopic (exact) mass is 172 g/mol. The van der Waals surface area contributed by atoms with E-state index in [9.17, 15) is 5.11 Å². The van der Waals surface area contributed by atoms with Gasteiger partial charge < -0.3 is 10.4 Å². The molecule has 1 aliphatic heterocycles. The lowest BCUT2D eigenvalue weighted by atomic mass is 10.0. The largest absolute Gasteiger partial charge is 0.395 e. The zero-order valence-corrected chi connectivity index (χ0v) is 8.08. The smallest absolute Gasteiger partial charge is 0.0589 e. The van der Waals surface area contributed by atoms with Gasteiger partial charge in [-0.2, -0.15) is 0 Å².